The van der Waals surface area contributed by atoms with E-state index < -0.39 is 5.91 Å². The third kappa shape index (κ3) is 5.42. The van der Waals surface area contributed by atoms with Crippen molar-refractivity contribution in [2.75, 3.05) is 19.7 Å². The Labute approximate surface area is 164 Å². The first-order valence-electron chi connectivity index (χ1n) is 9.60. The van der Waals surface area contributed by atoms with E-state index in [1.165, 1.54) is 22.2 Å². The van der Waals surface area contributed by atoms with Gasteiger partial charge in [0.2, 0.25) is 0 Å². The molecule has 1 aromatic carbocycles. The van der Waals surface area contributed by atoms with Crippen LogP contribution in [0.3, 0.4) is 0 Å². The molecule has 6 heteroatoms. The molecule has 0 saturated heterocycles. The number of fused-ring (bicyclic) bond motifs is 1. The zero-order valence-electron chi connectivity index (χ0n) is 15.9. The lowest BCUT2D eigenvalue weighted by Gasteiger charge is -2.21. The maximum atomic E-state index is 11.0. The van der Waals surface area contributed by atoms with Crippen LogP contribution >= 0.6 is 0 Å². The van der Waals surface area contributed by atoms with Gasteiger partial charge < -0.3 is 10.1 Å². The molecule has 0 unspecified atom stereocenters. The van der Waals surface area contributed by atoms with Gasteiger partial charge in [-0.2, -0.15) is 0 Å². The van der Waals surface area contributed by atoms with E-state index in [1.54, 1.807) is 11.6 Å². The van der Waals surface area contributed by atoms with E-state index in [-0.39, 0.29) is 6.61 Å². The Bertz CT molecular complexity index is 929. The molecule has 3 rings (SSSR count). The van der Waals surface area contributed by atoms with Crippen LogP contribution in [0, 0.1) is 0 Å². The fourth-order valence-corrected chi connectivity index (χ4v) is 3.46. The molecule has 2 aromatic rings. The molecule has 28 heavy (non-hydrogen) atoms. The molecule has 0 radical (unpaired) electrons. The molecule has 0 saturated carbocycles. The van der Waals surface area contributed by atoms with Crippen molar-refractivity contribution >= 4 is 24.1 Å². The van der Waals surface area contributed by atoms with E-state index in [1.807, 2.05) is 24.3 Å². The number of nitrogens with one attached hydrogen (secondary N) is 2. The number of nitrogens with zero attached hydrogens (tertiary/aromatic N) is 1. The fourth-order valence-electron chi connectivity index (χ4n) is 3.46. The fraction of sp³-hybridized carbons (Fsp3) is 0.318. The molecule has 1 heterocycles. The van der Waals surface area contributed by atoms with E-state index in [0.29, 0.717) is 6.54 Å². The number of rotatable bonds is 9. The predicted octanol–water partition coefficient (Wildman–Crippen LogP) is 0.925. The van der Waals surface area contributed by atoms with Crippen molar-refractivity contribution in [2.24, 2.45) is 0 Å². The number of amides is 1. The highest BCUT2D eigenvalue weighted by atomic mass is 16.5. The largest absolute Gasteiger partial charge is 0.395 e. The molecule has 4 N–H and O–H groups in total. The number of carbonyl (C=O) groups is 1. The van der Waals surface area contributed by atoms with E-state index in [4.69, 9.17) is 5.21 Å². The standard InChI is InChI=1S/C22H27N3O3/c26-14-13-25(12-11-19-15-23-21-4-2-1-3-20(19)21)16-18-7-5-17(6-8-18)9-10-22(27)24-28/h3-10,15,23,26,28H,1-2,11-14,16H2,(H,24,27)/b10-9+. The Morgan fingerprint density at radius 1 is 1.18 bits per heavy atom. The molecule has 0 aliphatic heterocycles. The highest BCUT2D eigenvalue weighted by Gasteiger charge is 2.09. The maximum Gasteiger partial charge on any atom is 0.267 e. The van der Waals surface area contributed by atoms with Gasteiger partial charge in [-0.25, -0.2) is 5.48 Å². The van der Waals surface area contributed by atoms with Crippen molar-refractivity contribution in [3.63, 3.8) is 0 Å². The number of aromatic amines is 1. The van der Waals surface area contributed by atoms with Crippen LogP contribution in [-0.2, 0) is 17.8 Å². The van der Waals surface area contributed by atoms with Crippen molar-refractivity contribution in [1.82, 2.24) is 15.4 Å². The minimum atomic E-state index is -0.556. The third-order valence-electron chi connectivity index (χ3n) is 4.94. The van der Waals surface area contributed by atoms with Crippen LogP contribution in [0.4, 0.5) is 0 Å². The van der Waals surface area contributed by atoms with Crippen molar-refractivity contribution in [2.45, 2.75) is 25.8 Å². The summed E-state index contributed by atoms with van der Waals surface area (Å²) in [4.78, 5) is 16.6. The van der Waals surface area contributed by atoms with Gasteiger partial charge >= 0.3 is 0 Å². The van der Waals surface area contributed by atoms with Gasteiger partial charge in [0.25, 0.3) is 5.91 Å². The Kier molecular flexibility index (Phi) is 7.19. The predicted molar refractivity (Wildman–Crippen MR) is 110 cm³/mol. The first kappa shape index (κ1) is 20.1. The van der Waals surface area contributed by atoms with E-state index >= 15 is 0 Å². The van der Waals surface area contributed by atoms with Gasteiger partial charge in [0, 0.05) is 37.3 Å². The maximum absolute atomic E-state index is 11.0. The number of hydrogen-bond acceptors (Lipinski definition) is 4. The average Bonchev–Trinajstić information content (AvgIpc) is 3.14. The lowest BCUT2D eigenvalue weighted by molar-refractivity contribution is -0.124. The first-order chi connectivity index (χ1) is 13.7. The monoisotopic (exact) mass is 381 g/mol. The zero-order valence-corrected chi connectivity index (χ0v) is 15.9. The van der Waals surface area contributed by atoms with Gasteiger partial charge in [-0.1, -0.05) is 36.4 Å². The Balaban J connectivity index is 1.61. The van der Waals surface area contributed by atoms with Crippen LogP contribution in [0.2, 0.25) is 0 Å². The second kappa shape index (κ2) is 10.0. The van der Waals surface area contributed by atoms with Crippen molar-refractivity contribution in [1.29, 1.82) is 0 Å². The third-order valence-corrected chi connectivity index (χ3v) is 4.94. The molecule has 0 spiro atoms. The zero-order chi connectivity index (χ0) is 19.8. The molecule has 148 valence electrons. The van der Waals surface area contributed by atoms with Gasteiger partial charge in [0.1, 0.15) is 0 Å². The molecule has 1 aliphatic carbocycles. The summed E-state index contributed by atoms with van der Waals surface area (Å²) in [6, 6.07) is 7.89. The first-order valence-corrected chi connectivity index (χ1v) is 9.60. The molecular formula is C22H27N3O3. The van der Waals surface area contributed by atoms with Crippen LogP contribution in [-0.4, -0.2) is 45.8 Å². The van der Waals surface area contributed by atoms with Gasteiger partial charge in [-0.05, 0) is 47.2 Å². The number of aliphatic hydroxyl groups is 1. The summed E-state index contributed by atoms with van der Waals surface area (Å²) in [7, 11) is 0. The normalized spacial score (nSPS) is 13.2. The highest BCUT2D eigenvalue weighted by Crippen LogP contribution is 2.10. The summed E-state index contributed by atoms with van der Waals surface area (Å²) >= 11 is 0. The molecule has 1 aromatic heterocycles. The second-order valence-corrected chi connectivity index (χ2v) is 6.93. The average molecular weight is 381 g/mol. The van der Waals surface area contributed by atoms with Crippen molar-refractivity contribution < 1.29 is 15.1 Å². The van der Waals surface area contributed by atoms with Gasteiger partial charge in [-0.3, -0.25) is 14.9 Å². The number of carbonyl (C=O) groups excluding carboxylic acids is 1. The topological polar surface area (TPSA) is 88.6 Å². The molecule has 1 amide bonds. The minimum Gasteiger partial charge on any atom is -0.395 e. The summed E-state index contributed by atoms with van der Waals surface area (Å²) in [6.45, 7) is 2.38. The van der Waals surface area contributed by atoms with Crippen LogP contribution in [0.25, 0.3) is 18.2 Å². The lowest BCUT2D eigenvalue weighted by Crippen LogP contribution is -2.31. The highest BCUT2D eigenvalue weighted by molar-refractivity contribution is 5.90. The quantitative estimate of drug-likeness (QED) is 0.296. The van der Waals surface area contributed by atoms with E-state index in [0.717, 1.165) is 43.5 Å². The number of hydroxylamine groups is 1. The minimum absolute atomic E-state index is 0.127. The number of aliphatic hydroxyl groups excluding tert-OH is 1. The summed E-state index contributed by atoms with van der Waals surface area (Å²) in [6.07, 6.45) is 12.7. The Hall–Kier alpha value is -2.67. The number of H-pyrrole nitrogens is 1. The molecular weight excluding hydrogens is 354 g/mol. The van der Waals surface area contributed by atoms with Gasteiger partial charge in [0.15, 0.2) is 0 Å². The Morgan fingerprint density at radius 2 is 1.96 bits per heavy atom. The molecule has 0 bridgehead atoms. The molecule has 0 fully saturated rings. The number of aromatic nitrogens is 1. The SMILES string of the molecule is O=C(/C=C/c1ccc(CN(CCO)CCc2c[nH]c3c2=CCCC=3)cc1)NO. The van der Waals surface area contributed by atoms with Gasteiger partial charge in [0.05, 0.1) is 6.61 Å². The van der Waals surface area contributed by atoms with E-state index in [2.05, 4.69) is 28.2 Å². The van der Waals surface area contributed by atoms with Crippen LogP contribution < -0.4 is 16.0 Å². The molecule has 0 atom stereocenters. The summed E-state index contributed by atoms with van der Waals surface area (Å²) in [5.74, 6) is -0.556. The second-order valence-electron chi connectivity index (χ2n) is 6.93. The lowest BCUT2D eigenvalue weighted by atomic mass is 10.1. The van der Waals surface area contributed by atoms with E-state index in [9.17, 15) is 9.90 Å². The van der Waals surface area contributed by atoms with Crippen LogP contribution in [0.1, 0.15) is 29.5 Å². The summed E-state index contributed by atoms with van der Waals surface area (Å²) in [5, 5.41) is 20.5. The van der Waals surface area contributed by atoms with Gasteiger partial charge in [-0.15, -0.1) is 0 Å². The summed E-state index contributed by atoms with van der Waals surface area (Å²) in [5.41, 5.74) is 4.93. The van der Waals surface area contributed by atoms with Crippen molar-refractivity contribution in [3.8, 4) is 0 Å². The smallest absolute Gasteiger partial charge is 0.267 e. The number of benzene rings is 1. The summed E-state index contributed by atoms with van der Waals surface area (Å²) < 4.78 is 0. The van der Waals surface area contributed by atoms with Crippen molar-refractivity contribution in [3.05, 3.63) is 63.8 Å². The number of hydrogen-bond donors (Lipinski definition) is 4. The van der Waals surface area contributed by atoms with Crippen LogP contribution in [0.5, 0.6) is 0 Å². The Morgan fingerprint density at radius 3 is 2.71 bits per heavy atom. The molecule has 1 aliphatic rings. The van der Waals surface area contributed by atoms with Crippen LogP contribution in [0.15, 0.2) is 36.5 Å². The molecule has 6 nitrogen and oxygen atoms in total.